The Bertz CT molecular complexity index is 465. The number of rotatable bonds is 8. The molecule has 2 N–H and O–H groups in total. The molecule has 1 unspecified atom stereocenters. The molecule has 1 atom stereocenters. The molecular formula is C14H20N2O3S. The molecular weight excluding hydrogens is 276 g/mol. The molecule has 1 amide bonds. The second kappa shape index (κ2) is 8.58. The van der Waals surface area contributed by atoms with Crippen LogP contribution in [0.1, 0.15) is 43.5 Å². The molecule has 1 aromatic heterocycles. The maximum absolute atomic E-state index is 11.9. The van der Waals surface area contributed by atoms with E-state index in [0.717, 1.165) is 19.3 Å². The molecule has 110 valence electrons. The lowest BCUT2D eigenvalue weighted by molar-refractivity contribution is -0.120. The van der Waals surface area contributed by atoms with Crippen molar-refractivity contribution in [3.8, 4) is 0 Å². The van der Waals surface area contributed by atoms with Crippen LogP contribution in [0.15, 0.2) is 23.4 Å². The van der Waals surface area contributed by atoms with E-state index in [1.54, 1.807) is 6.92 Å². The van der Waals surface area contributed by atoms with E-state index in [0.29, 0.717) is 11.6 Å². The Labute approximate surface area is 123 Å². The molecule has 1 heterocycles. The number of pyridine rings is 1. The van der Waals surface area contributed by atoms with E-state index >= 15 is 0 Å². The molecule has 0 saturated heterocycles. The average Bonchev–Trinajstić information content (AvgIpc) is 2.43. The lowest BCUT2D eigenvalue weighted by Crippen LogP contribution is -2.31. The molecule has 0 bridgehead atoms. The molecule has 0 aliphatic rings. The number of aromatic carboxylic acids is 1. The van der Waals surface area contributed by atoms with Gasteiger partial charge in [0.05, 0.1) is 15.8 Å². The zero-order valence-electron chi connectivity index (χ0n) is 11.8. The van der Waals surface area contributed by atoms with Crippen molar-refractivity contribution in [2.45, 2.75) is 43.4 Å². The van der Waals surface area contributed by atoms with Gasteiger partial charge in [0, 0.05) is 12.7 Å². The lowest BCUT2D eigenvalue weighted by Gasteiger charge is -2.11. The van der Waals surface area contributed by atoms with E-state index in [4.69, 9.17) is 5.11 Å². The standard InChI is InChI=1S/C14H20N2O3S/c1-3-4-5-7-16-13(17)10(2)20-12-9-11(14(18)19)6-8-15-12/h6,8-10H,3-5,7H2,1-2H3,(H,16,17)(H,18,19). The number of nitrogens with zero attached hydrogens (tertiary/aromatic N) is 1. The van der Waals surface area contributed by atoms with Gasteiger partial charge in [-0.3, -0.25) is 4.79 Å². The van der Waals surface area contributed by atoms with Crippen molar-refractivity contribution in [1.82, 2.24) is 10.3 Å². The fourth-order valence-corrected chi connectivity index (χ4v) is 2.44. The van der Waals surface area contributed by atoms with Crippen LogP contribution in [0.2, 0.25) is 0 Å². The molecule has 20 heavy (non-hydrogen) atoms. The third-order valence-electron chi connectivity index (χ3n) is 2.73. The van der Waals surface area contributed by atoms with Gasteiger partial charge in [-0.05, 0) is 25.5 Å². The van der Waals surface area contributed by atoms with Crippen molar-refractivity contribution in [2.24, 2.45) is 0 Å². The lowest BCUT2D eigenvalue weighted by atomic mass is 10.2. The van der Waals surface area contributed by atoms with Gasteiger partial charge in [-0.25, -0.2) is 9.78 Å². The monoisotopic (exact) mass is 296 g/mol. The first-order chi connectivity index (χ1) is 9.54. The molecule has 5 nitrogen and oxygen atoms in total. The normalized spacial score (nSPS) is 11.9. The van der Waals surface area contributed by atoms with Crippen molar-refractivity contribution in [1.29, 1.82) is 0 Å². The second-order valence-electron chi connectivity index (χ2n) is 4.45. The maximum atomic E-state index is 11.9. The van der Waals surface area contributed by atoms with Crippen LogP contribution in [-0.2, 0) is 4.79 Å². The van der Waals surface area contributed by atoms with Crippen LogP contribution in [0.4, 0.5) is 0 Å². The summed E-state index contributed by atoms with van der Waals surface area (Å²) in [5, 5.41) is 12.0. The summed E-state index contributed by atoms with van der Waals surface area (Å²) in [5.74, 6) is -1.04. The minimum Gasteiger partial charge on any atom is -0.478 e. The Morgan fingerprint density at radius 3 is 2.85 bits per heavy atom. The number of thioether (sulfide) groups is 1. The fraction of sp³-hybridized carbons (Fsp3) is 0.500. The maximum Gasteiger partial charge on any atom is 0.335 e. The highest BCUT2D eigenvalue weighted by molar-refractivity contribution is 8.00. The first kappa shape index (κ1) is 16.5. The first-order valence-electron chi connectivity index (χ1n) is 6.68. The highest BCUT2D eigenvalue weighted by Crippen LogP contribution is 2.21. The smallest absolute Gasteiger partial charge is 0.335 e. The van der Waals surface area contributed by atoms with E-state index in [1.165, 1.54) is 30.1 Å². The Balaban J connectivity index is 2.48. The van der Waals surface area contributed by atoms with Crippen LogP contribution in [-0.4, -0.2) is 33.8 Å². The Morgan fingerprint density at radius 1 is 1.45 bits per heavy atom. The number of amides is 1. The molecule has 0 fully saturated rings. The molecule has 0 spiro atoms. The fourth-order valence-electron chi connectivity index (χ4n) is 1.57. The average molecular weight is 296 g/mol. The van der Waals surface area contributed by atoms with Crippen molar-refractivity contribution in [3.63, 3.8) is 0 Å². The number of unbranched alkanes of at least 4 members (excludes halogenated alkanes) is 2. The van der Waals surface area contributed by atoms with Crippen LogP contribution < -0.4 is 5.32 Å². The minimum absolute atomic E-state index is 0.0476. The molecule has 0 radical (unpaired) electrons. The molecule has 1 rings (SSSR count). The number of hydrogen-bond acceptors (Lipinski definition) is 4. The Hall–Kier alpha value is -1.56. The summed E-state index contributed by atoms with van der Waals surface area (Å²) < 4.78 is 0. The van der Waals surface area contributed by atoms with Crippen molar-refractivity contribution >= 4 is 23.6 Å². The number of carbonyl (C=O) groups is 2. The third-order valence-corrected chi connectivity index (χ3v) is 3.76. The van der Waals surface area contributed by atoms with Crippen LogP contribution in [0.5, 0.6) is 0 Å². The number of hydrogen-bond donors (Lipinski definition) is 2. The number of carboxylic acid groups (broad SMARTS) is 1. The topological polar surface area (TPSA) is 79.3 Å². The summed E-state index contributed by atoms with van der Waals surface area (Å²) >= 11 is 1.26. The summed E-state index contributed by atoms with van der Waals surface area (Å²) in [7, 11) is 0. The van der Waals surface area contributed by atoms with Crippen molar-refractivity contribution in [2.75, 3.05) is 6.54 Å². The van der Waals surface area contributed by atoms with E-state index < -0.39 is 5.97 Å². The van der Waals surface area contributed by atoms with E-state index in [2.05, 4.69) is 17.2 Å². The molecule has 0 saturated carbocycles. The summed E-state index contributed by atoms with van der Waals surface area (Å²) in [6.45, 7) is 4.58. The number of nitrogens with one attached hydrogen (secondary N) is 1. The highest BCUT2D eigenvalue weighted by Gasteiger charge is 2.15. The Kier molecular flexibility index (Phi) is 7.08. The third kappa shape index (κ3) is 5.61. The zero-order chi connectivity index (χ0) is 15.0. The Morgan fingerprint density at radius 2 is 2.20 bits per heavy atom. The van der Waals surface area contributed by atoms with Gasteiger partial charge in [0.25, 0.3) is 0 Å². The largest absolute Gasteiger partial charge is 0.478 e. The van der Waals surface area contributed by atoms with Crippen LogP contribution in [0.3, 0.4) is 0 Å². The molecule has 1 aromatic rings. The molecule has 6 heteroatoms. The summed E-state index contributed by atoms with van der Waals surface area (Å²) in [6.07, 6.45) is 4.64. The van der Waals surface area contributed by atoms with Gasteiger partial charge in [0.2, 0.25) is 5.91 Å². The molecule has 0 aliphatic carbocycles. The second-order valence-corrected chi connectivity index (χ2v) is 5.81. The zero-order valence-corrected chi connectivity index (χ0v) is 12.6. The number of carboxylic acids is 1. The number of aromatic nitrogens is 1. The predicted octanol–water partition coefficient (Wildman–Crippen LogP) is 2.57. The van der Waals surface area contributed by atoms with Gasteiger partial charge in [-0.15, -0.1) is 0 Å². The van der Waals surface area contributed by atoms with Gasteiger partial charge in [-0.1, -0.05) is 31.5 Å². The SMILES string of the molecule is CCCCCNC(=O)C(C)Sc1cc(C(=O)O)ccn1. The number of carbonyl (C=O) groups excluding carboxylic acids is 1. The van der Waals surface area contributed by atoms with Crippen molar-refractivity contribution in [3.05, 3.63) is 23.9 Å². The van der Waals surface area contributed by atoms with Gasteiger partial charge < -0.3 is 10.4 Å². The van der Waals surface area contributed by atoms with Gasteiger partial charge in [-0.2, -0.15) is 0 Å². The van der Waals surface area contributed by atoms with E-state index in [-0.39, 0.29) is 16.7 Å². The van der Waals surface area contributed by atoms with E-state index in [1.807, 2.05) is 0 Å². The van der Waals surface area contributed by atoms with Gasteiger partial charge >= 0.3 is 5.97 Å². The van der Waals surface area contributed by atoms with Crippen LogP contribution >= 0.6 is 11.8 Å². The van der Waals surface area contributed by atoms with Gasteiger partial charge in [0.15, 0.2) is 0 Å². The summed E-state index contributed by atoms with van der Waals surface area (Å²) in [6, 6.07) is 2.91. The minimum atomic E-state index is -0.995. The predicted molar refractivity (Wildman–Crippen MR) is 79.1 cm³/mol. The van der Waals surface area contributed by atoms with Crippen LogP contribution in [0.25, 0.3) is 0 Å². The highest BCUT2D eigenvalue weighted by atomic mass is 32.2. The first-order valence-corrected chi connectivity index (χ1v) is 7.56. The van der Waals surface area contributed by atoms with Gasteiger partial charge in [0.1, 0.15) is 0 Å². The molecule has 0 aliphatic heterocycles. The summed E-state index contributed by atoms with van der Waals surface area (Å²) in [5.41, 5.74) is 0.179. The molecule has 0 aromatic carbocycles. The van der Waals surface area contributed by atoms with Crippen LogP contribution in [0, 0.1) is 0 Å². The van der Waals surface area contributed by atoms with Crippen molar-refractivity contribution < 1.29 is 14.7 Å². The van der Waals surface area contributed by atoms with E-state index in [9.17, 15) is 9.59 Å². The summed E-state index contributed by atoms with van der Waals surface area (Å²) in [4.78, 5) is 26.8. The quantitative estimate of drug-likeness (QED) is 0.569.